The Kier molecular flexibility index (Phi) is 7.55. The van der Waals surface area contributed by atoms with Gasteiger partial charge in [-0.2, -0.15) is 0 Å². The SMILES string of the molecule is COc1cc2c(=O)c(C)coc2c(O)c1CC=C(C)CO[C@@H]1O[C@H](CO)[C@@H](O)[C@H](O)[C@H]1O. The van der Waals surface area contributed by atoms with Crippen molar-refractivity contribution in [2.45, 2.75) is 51.0 Å². The normalized spacial score (nSPS) is 26.5. The maximum atomic E-state index is 12.3. The third-order valence-corrected chi connectivity index (χ3v) is 5.47. The van der Waals surface area contributed by atoms with Crippen molar-refractivity contribution in [3.8, 4) is 11.5 Å². The highest BCUT2D eigenvalue weighted by molar-refractivity contribution is 5.86. The first-order valence-electron chi connectivity index (χ1n) is 10.1. The molecule has 1 fully saturated rings. The fourth-order valence-electron chi connectivity index (χ4n) is 3.50. The number of ether oxygens (including phenoxy) is 3. The number of methoxy groups -OCH3 is 1. The van der Waals surface area contributed by atoms with Crippen molar-refractivity contribution < 1.29 is 44.2 Å². The van der Waals surface area contributed by atoms with Crippen molar-refractivity contribution in [3.63, 3.8) is 0 Å². The number of rotatable bonds is 7. The topological polar surface area (TPSA) is 159 Å². The molecule has 0 radical (unpaired) electrons. The number of benzene rings is 1. The van der Waals surface area contributed by atoms with Crippen LogP contribution in [-0.2, 0) is 15.9 Å². The Morgan fingerprint density at radius 1 is 1.22 bits per heavy atom. The molecule has 10 nitrogen and oxygen atoms in total. The van der Waals surface area contributed by atoms with Crippen LogP contribution in [0.1, 0.15) is 18.1 Å². The summed E-state index contributed by atoms with van der Waals surface area (Å²) in [6.07, 6.45) is -3.50. The summed E-state index contributed by atoms with van der Waals surface area (Å²) in [5.41, 5.74) is 1.34. The van der Waals surface area contributed by atoms with E-state index in [1.54, 1.807) is 19.9 Å². The molecule has 1 aliphatic rings. The van der Waals surface area contributed by atoms with E-state index in [1.807, 2.05) is 0 Å². The molecule has 1 aromatic carbocycles. The van der Waals surface area contributed by atoms with Crippen LogP contribution in [0.2, 0.25) is 0 Å². The summed E-state index contributed by atoms with van der Waals surface area (Å²) in [6, 6.07) is 1.52. The minimum Gasteiger partial charge on any atom is -0.504 e. The van der Waals surface area contributed by atoms with E-state index in [-0.39, 0.29) is 35.2 Å². The Bertz CT molecular complexity index is 1040. The van der Waals surface area contributed by atoms with E-state index in [2.05, 4.69) is 0 Å². The molecule has 0 spiro atoms. The Labute approximate surface area is 183 Å². The molecule has 176 valence electrons. The van der Waals surface area contributed by atoms with Gasteiger partial charge in [0, 0.05) is 11.1 Å². The number of fused-ring (bicyclic) bond motifs is 1. The smallest absolute Gasteiger partial charge is 0.195 e. The molecular weight excluding hydrogens is 424 g/mol. The van der Waals surface area contributed by atoms with Crippen LogP contribution in [0.3, 0.4) is 0 Å². The molecule has 0 aliphatic carbocycles. The molecule has 5 N–H and O–H groups in total. The Balaban J connectivity index is 1.75. The fourth-order valence-corrected chi connectivity index (χ4v) is 3.50. The first kappa shape index (κ1) is 24.2. The van der Waals surface area contributed by atoms with Crippen LogP contribution < -0.4 is 10.2 Å². The van der Waals surface area contributed by atoms with Gasteiger partial charge >= 0.3 is 0 Å². The van der Waals surface area contributed by atoms with Crippen LogP contribution in [0, 0.1) is 6.92 Å². The van der Waals surface area contributed by atoms with Crippen LogP contribution in [0.5, 0.6) is 11.5 Å². The number of hydrogen-bond acceptors (Lipinski definition) is 10. The van der Waals surface area contributed by atoms with Crippen molar-refractivity contribution >= 4 is 11.0 Å². The monoisotopic (exact) mass is 452 g/mol. The molecular formula is C22H28O10. The molecule has 1 aliphatic heterocycles. The van der Waals surface area contributed by atoms with E-state index >= 15 is 0 Å². The third-order valence-electron chi connectivity index (χ3n) is 5.47. The third kappa shape index (κ3) is 4.65. The molecule has 0 unspecified atom stereocenters. The molecule has 3 rings (SSSR count). The van der Waals surface area contributed by atoms with Gasteiger partial charge < -0.3 is 44.2 Å². The Hall–Kier alpha value is -2.47. The molecule has 10 heteroatoms. The summed E-state index contributed by atoms with van der Waals surface area (Å²) in [4.78, 5) is 12.3. The van der Waals surface area contributed by atoms with Gasteiger partial charge in [-0.1, -0.05) is 11.6 Å². The number of allylic oxidation sites excluding steroid dienone is 1. The van der Waals surface area contributed by atoms with Crippen LogP contribution >= 0.6 is 0 Å². The number of hydrogen-bond donors (Lipinski definition) is 5. The van der Waals surface area contributed by atoms with E-state index < -0.39 is 37.3 Å². The minimum atomic E-state index is -1.52. The average molecular weight is 452 g/mol. The molecule has 1 aromatic heterocycles. The van der Waals surface area contributed by atoms with Gasteiger partial charge in [0.2, 0.25) is 0 Å². The zero-order valence-electron chi connectivity index (χ0n) is 18.0. The quantitative estimate of drug-likeness (QED) is 0.365. The average Bonchev–Trinajstić information content (AvgIpc) is 2.78. The maximum Gasteiger partial charge on any atom is 0.195 e. The summed E-state index contributed by atoms with van der Waals surface area (Å²) in [6.45, 7) is 2.83. The zero-order valence-corrected chi connectivity index (χ0v) is 18.0. The van der Waals surface area contributed by atoms with E-state index in [4.69, 9.17) is 18.6 Å². The lowest BCUT2D eigenvalue weighted by molar-refractivity contribution is -0.299. The second-order valence-electron chi connectivity index (χ2n) is 7.79. The highest BCUT2D eigenvalue weighted by atomic mass is 16.7. The van der Waals surface area contributed by atoms with Crippen molar-refractivity contribution in [2.24, 2.45) is 0 Å². The van der Waals surface area contributed by atoms with Gasteiger partial charge in [-0.25, -0.2) is 0 Å². The second kappa shape index (κ2) is 9.99. The molecule has 0 bridgehead atoms. The summed E-state index contributed by atoms with van der Waals surface area (Å²) in [5, 5.41) is 49.8. The molecule has 2 heterocycles. The largest absolute Gasteiger partial charge is 0.504 e. The Morgan fingerprint density at radius 3 is 2.59 bits per heavy atom. The lowest BCUT2D eigenvalue weighted by Crippen LogP contribution is -2.59. The molecule has 5 atom stereocenters. The lowest BCUT2D eigenvalue weighted by Gasteiger charge is -2.39. The number of phenolic OH excluding ortho intramolecular Hbond substituents is 1. The minimum absolute atomic E-state index is 0.00757. The van der Waals surface area contributed by atoms with E-state index in [9.17, 15) is 30.3 Å². The van der Waals surface area contributed by atoms with E-state index in [0.29, 0.717) is 22.4 Å². The molecule has 0 saturated carbocycles. The van der Waals surface area contributed by atoms with Gasteiger partial charge in [0.15, 0.2) is 23.1 Å². The molecule has 2 aromatic rings. The standard InChI is InChI=1S/C22H28O10/c1-10(8-31-22-20(28)19(27)18(26)15(7-23)32-22)4-5-12-14(29-3)6-13-16(24)11(2)9-30-21(13)17(12)25/h4,6,9,15,18-20,22-23,25-28H,5,7-8H2,1-3H3/t15-,18-,19+,20-,22-/m1/s1. The maximum absolute atomic E-state index is 12.3. The Morgan fingerprint density at radius 2 is 1.94 bits per heavy atom. The lowest BCUT2D eigenvalue weighted by atomic mass is 9.99. The summed E-state index contributed by atoms with van der Waals surface area (Å²) in [5.74, 6) is 0.127. The van der Waals surface area contributed by atoms with Crippen molar-refractivity contribution in [3.05, 3.63) is 45.3 Å². The van der Waals surface area contributed by atoms with Crippen LogP contribution in [-0.4, -0.2) is 76.6 Å². The summed E-state index contributed by atoms with van der Waals surface area (Å²) in [7, 11) is 1.43. The predicted molar refractivity (Wildman–Crippen MR) is 113 cm³/mol. The van der Waals surface area contributed by atoms with Crippen molar-refractivity contribution in [1.29, 1.82) is 0 Å². The van der Waals surface area contributed by atoms with E-state index in [0.717, 1.165) is 0 Å². The van der Waals surface area contributed by atoms with Gasteiger partial charge in [-0.15, -0.1) is 0 Å². The van der Waals surface area contributed by atoms with Gasteiger partial charge in [0.05, 0.1) is 32.0 Å². The van der Waals surface area contributed by atoms with Gasteiger partial charge in [-0.3, -0.25) is 4.79 Å². The molecule has 1 saturated heterocycles. The molecule has 0 amide bonds. The van der Waals surface area contributed by atoms with Gasteiger partial charge in [0.1, 0.15) is 30.2 Å². The number of aliphatic hydroxyl groups excluding tert-OH is 4. The summed E-state index contributed by atoms with van der Waals surface area (Å²) >= 11 is 0. The highest BCUT2D eigenvalue weighted by Gasteiger charge is 2.43. The van der Waals surface area contributed by atoms with Crippen LogP contribution in [0.25, 0.3) is 11.0 Å². The molecule has 32 heavy (non-hydrogen) atoms. The fraction of sp³-hybridized carbons (Fsp3) is 0.500. The first-order chi connectivity index (χ1) is 15.2. The van der Waals surface area contributed by atoms with Crippen LogP contribution in [0.4, 0.5) is 0 Å². The number of aromatic hydroxyl groups is 1. The van der Waals surface area contributed by atoms with E-state index in [1.165, 1.54) is 19.4 Å². The van der Waals surface area contributed by atoms with Crippen molar-refractivity contribution in [2.75, 3.05) is 20.3 Å². The van der Waals surface area contributed by atoms with Gasteiger partial charge in [0.25, 0.3) is 0 Å². The second-order valence-corrected chi connectivity index (χ2v) is 7.79. The zero-order chi connectivity index (χ0) is 23.6. The number of phenols is 1. The first-order valence-corrected chi connectivity index (χ1v) is 10.1. The van der Waals surface area contributed by atoms with Crippen molar-refractivity contribution in [1.82, 2.24) is 0 Å². The predicted octanol–water partition coefficient (Wildman–Crippen LogP) is 0.121. The van der Waals surface area contributed by atoms with Gasteiger partial charge in [-0.05, 0) is 26.3 Å². The highest BCUT2D eigenvalue weighted by Crippen LogP contribution is 2.36. The van der Waals surface area contributed by atoms with Crippen LogP contribution in [0.15, 0.2) is 33.2 Å². The number of aliphatic hydroxyl groups is 4. The summed E-state index contributed by atoms with van der Waals surface area (Å²) < 4.78 is 21.6. The number of aryl methyl sites for hydroxylation is 1.